The summed E-state index contributed by atoms with van der Waals surface area (Å²) in [6, 6.07) is 11.8. The summed E-state index contributed by atoms with van der Waals surface area (Å²) < 4.78 is 8.13. The lowest BCUT2D eigenvalue weighted by Gasteiger charge is -2.28. The summed E-state index contributed by atoms with van der Waals surface area (Å²) in [6.45, 7) is 4.01. The van der Waals surface area contributed by atoms with E-state index in [0.717, 1.165) is 59.5 Å². The third-order valence-electron chi connectivity index (χ3n) is 6.65. The Labute approximate surface area is 199 Å². The molecule has 4 aromatic rings. The van der Waals surface area contributed by atoms with Gasteiger partial charge in [0.2, 0.25) is 5.88 Å². The summed E-state index contributed by atoms with van der Waals surface area (Å²) in [5.74, 6) is 1.48. The quantitative estimate of drug-likeness (QED) is 0.405. The van der Waals surface area contributed by atoms with Crippen LogP contribution in [-0.2, 0) is 13.5 Å². The normalized spacial score (nSPS) is 15.0. The van der Waals surface area contributed by atoms with E-state index >= 15 is 0 Å². The third-order valence-corrected chi connectivity index (χ3v) is 6.65. The van der Waals surface area contributed by atoms with Crippen LogP contribution < -0.4 is 4.74 Å². The molecule has 4 heterocycles. The molecule has 3 aromatic heterocycles. The summed E-state index contributed by atoms with van der Waals surface area (Å²) >= 11 is 0. The molecule has 0 saturated carbocycles. The lowest BCUT2D eigenvalue weighted by molar-refractivity contribution is 0.0985. The molecule has 0 atom stereocenters. The number of imidazole rings is 1. The van der Waals surface area contributed by atoms with Crippen molar-refractivity contribution in [1.82, 2.24) is 24.4 Å². The molecule has 174 valence electrons. The number of hydrogen-bond donors (Lipinski definition) is 0. The number of piperidine rings is 1. The fourth-order valence-corrected chi connectivity index (χ4v) is 4.40. The van der Waals surface area contributed by atoms with Gasteiger partial charge in [0.15, 0.2) is 5.78 Å². The summed E-state index contributed by atoms with van der Waals surface area (Å²) in [5.41, 5.74) is 3.48. The molecule has 1 aliphatic heterocycles. The molecule has 7 nitrogen and oxygen atoms in total. The van der Waals surface area contributed by atoms with Crippen LogP contribution in [0.25, 0.3) is 22.0 Å². The van der Waals surface area contributed by atoms with Crippen LogP contribution in [0.15, 0.2) is 55.0 Å². The zero-order chi connectivity index (χ0) is 23.7. The monoisotopic (exact) mass is 455 g/mol. The minimum Gasteiger partial charge on any atom is -0.474 e. The summed E-state index contributed by atoms with van der Waals surface area (Å²) in [4.78, 5) is 28.6. The van der Waals surface area contributed by atoms with Crippen molar-refractivity contribution in [1.29, 1.82) is 0 Å². The molecule has 1 fully saturated rings. The van der Waals surface area contributed by atoms with E-state index in [-0.39, 0.29) is 18.3 Å². The number of fused-ring (bicyclic) bond motifs is 1. The van der Waals surface area contributed by atoms with Gasteiger partial charge in [-0.1, -0.05) is 12.1 Å². The molecule has 1 aliphatic rings. The molecule has 7 heteroatoms. The van der Waals surface area contributed by atoms with E-state index in [1.807, 2.05) is 32.4 Å². The standard InChI is InChI=1S/C27H29N5O2/c1-18-29-17-25(32(18)3)19-4-5-21-16-30-23(13-22(21)12-19)15-26(33)20-6-9-28-27(14-20)34-24-7-10-31(2)11-8-24/h4-6,9,12-14,16-17,24H,7-8,10-11,15H2,1-3H3. The molecule has 34 heavy (non-hydrogen) atoms. The number of likely N-dealkylation sites (tertiary alicyclic amines) is 1. The van der Waals surface area contributed by atoms with E-state index in [0.29, 0.717) is 11.4 Å². The van der Waals surface area contributed by atoms with Gasteiger partial charge < -0.3 is 14.2 Å². The third kappa shape index (κ3) is 4.70. The zero-order valence-electron chi connectivity index (χ0n) is 19.9. The molecule has 0 spiro atoms. The number of hydrogen-bond acceptors (Lipinski definition) is 6. The van der Waals surface area contributed by atoms with Crippen LogP contribution in [0.3, 0.4) is 0 Å². The molecule has 0 radical (unpaired) electrons. The summed E-state index contributed by atoms with van der Waals surface area (Å²) in [7, 11) is 4.13. The Kier molecular flexibility index (Phi) is 6.11. The maximum Gasteiger partial charge on any atom is 0.214 e. The van der Waals surface area contributed by atoms with Gasteiger partial charge in [-0.05, 0) is 50.4 Å². The van der Waals surface area contributed by atoms with Crippen molar-refractivity contribution in [3.05, 3.63) is 72.1 Å². The average Bonchev–Trinajstić information content (AvgIpc) is 3.18. The number of carbonyl (C=O) groups excluding carboxylic acids is 1. The number of ketones is 1. The Bertz CT molecular complexity index is 1340. The summed E-state index contributed by atoms with van der Waals surface area (Å²) in [5, 5.41) is 2.09. The second-order valence-corrected chi connectivity index (χ2v) is 9.09. The molecule has 0 aliphatic carbocycles. The van der Waals surface area contributed by atoms with Crippen LogP contribution in [0.5, 0.6) is 5.88 Å². The molecule has 0 unspecified atom stereocenters. The first-order valence-electron chi connectivity index (χ1n) is 11.7. The number of pyridine rings is 2. The Morgan fingerprint density at radius 1 is 1.00 bits per heavy atom. The molecule has 5 rings (SSSR count). The maximum atomic E-state index is 13.0. The predicted octanol–water partition coefficient (Wildman–Crippen LogP) is 4.24. The van der Waals surface area contributed by atoms with Gasteiger partial charge >= 0.3 is 0 Å². The van der Waals surface area contributed by atoms with Crippen molar-refractivity contribution in [3.63, 3.8) is 0 Å². The van der Waals surface area contributed by atoms with Crippen molar-refractivity contribution in [2.24, 2.45) is 7.05 Å². The first kappa shape index (κ1) is 22.2. The largest absolute Gasteiger partial charge is 0.474 e. The number of aromatic nitrogens is 4. The van der Waals surface area contributed by atoms with E-state index in [4.69, 9.17) is 4.74 Å². The first-order chi connectivity index (χ1) is 16.5. The molecule has 1 saturated heterocycles. The van der Waals surface area contributed by atoms with Crippen LogP contribution in [0.4, 0.5) is 0 Å². The van der Waals surface area contributed by atoms with Gasteiger partial charge in [-0.3, -0.25) is 9.78 Å². The van der Waals surface area contributed by atoms with Gasteiger partial charge in [0, 0.05) is 60.8 Å². The maximum absolute atomic E-state index is 13.0. The number of benzene rings is 1. The lowest BCUT2D eigenvalue weighted by Crippen LogP contribution is -2.35. The number of rotatable bonds is 6. The molecule has 0 bridgehead atoms. The minimum absolute atomic E-state index is 0.000825. The molecular weight excluding hydrogens is 426 g/mol. The van der Waals surface area contributed by atoms with E-state index < -0.39 is 0 Å². The van der Waals surface area contributed by atoms with Crippen LogP contribution in [0, 0.1) is 6.92 Å². The van der Waals surface area contributed by atoms with Gasteiger partial charge in [-0.25, -0.2) is 9.97 Å². The number of ether oxygens (including phenoxy) is 1. The van der Waals surface area contributed by atoms with Crippen LogP contribution in [-0.4, -0.2) is 56.4 Å². The fourth-order valence-electron chi connectivity index (χ4n) is 4.40. The highest BCUT2D eigenvalue weighted by molar-refractivity contribution is 5.98. The van der Waals surface area contributed by atoms with Crippen molar-refractivity contribution in [2.45, 2.75) is 32.3 Å². The second kappa shape index (κ2) is 9.35. The SMILES string of the molecule is Cc1ncc(-c2ccc3cnc(CC(=O)c4ccnc(OC5CCN(C)CC5)c4)cc3c2)n1C. The Morgan fingerprint density at radius 3 is 2.59 bits per heavy atom. The Balaban J connectivity index is 1.32. The van der Waals surface area contributed by atoms with Gasteiger partial charge in [0.25, 0.3) is 0 Å². The van der Waals surface area contributed by atoms with Crippen molar-refractivity contribution in [2.75, 3.05) is 20.1 Å². The van der Waals surface area contributed by atoms with E-state index in [1.54, 1.807) is 18.3 Å². The number of nitrogens with zero attached hydrogens (tertiary/aromatic N) is 5. The molecular formula is C27H29N5O2. The number of Topliss-reactive ketones (excluding diaryl/α,β-unsaturated/α-hetero) is 1. The van der Waals surface area contributed by atoms with E-state index in [1.165, 1.54) is 0 Å². The van der Waals surface area contributed by atoms with Crippen LogP contribution in [0.1, 0.15) is 34.7 Å². The van der Waals surface area contributed by atoms with Crippen LogP contribution in [0.2, 0.25) is 0 Å². The summed E-state index contributed by atoms with van der Waals surface area (Å²) in [6.07, 6.45) is 7.67. The molecule has 0 N–H and O–H groups in total. The van der Waals surface area contributed by atoms with Crippen molar-refractivity contribution >= 4 is 16.6 Å². The van der Waals surface area contributed by atoms with Crippen molar-refractivity contribution in [3.8, 4) is 17.1 Å². The Hall–Kier alpha value is -3.58. The fraction of sp³-hybridized carbons (Fsp3) is 0.333. The van der Waals surface area contributed by atoms with Crippen molar-refractivity contribution < 1.29 is 9.53 Å². The van der Waals surface area contributed by atoms with E-state index in [9.17, 15) is 4.79 Å². The van der Waals surface area contributed by atoms with E-state index in [2.05, 4.69) is 49.7 Å². The first-order valence-corrected chi connectivity index (χ1v) is 11.7. The predicted molar refractivity (Wildman–Crippen MR) is 132 cm³/mol. The molecule has 1 aromatic carbocycles. The van der Waals surface area contributed by atoms with Gasteiger partial charge in [-0.15, -0.1) is 0 Å². The van der Waals surface area contributed by atoms with Gasteiger partial charge in [-0.2, -0.15) is 0 Å². The highest BCUT2D eigenvalue weighted by atomic mass is 16.5. The Morgan fingerprint density at radius 2 is 1.82 bits per heavy atom. The minimum atomic E-state index is 0.000825. The number of aryl methyl sites for hydroxylation is 1. The second-order valence-electron chi connectivity index (χ2n) is 9.09. The van der Waals surface area contributed by atoms with Gasteiger partial charge in [0.05, 0.1) is 18.3 Å². The highest BCUT2D eigenvalue weighted by Gasteiger charge is 2.19. The molecule has 0 amide bonds. The van der Waals surface area contributed by atoms with Gasteiger partial charge in [0.1, 0.15) is 11.9 Å². The topological polar surface area (TPSA) is 73.1 Å². The number of carbonyl (C=O) groups is 1. The van der Waals surface area contributed by atoms with Crippen LogP contribution >= 0.6 is 0 Å². The smallest absolute Gasteiger partial charge is 0.214 e. The average molecular weight is 456 g/mol. The zero-order valence-corrected chi connectivity index (χ0v) is 19.9. The lowest BCUT2D eigenvalue weighted by atomic mass is 10.0. The highest BCUT2D eigenvalue weighted by Crippen LogP contribution is 2.25.